The van der Waals surface area contributed by atoms with Crippen molar-refractivity contribution in [2.45, 2.75) is 6.54 Å². The van der Waals surface area contributed by atoms with E-state index in [0.29, 0.717) is 0 Å². The molecule has 1 aliphatic heterocycles. The van der Waals surface area contributed by atoms with Crippen LogP contribution >= 0.6 is 0 Å². The summed E-state index contributed by atoms with van der Waals surface area (Å²) in [5.74, 6) is -1.98. The molecule has 0 spiro atoms. The van der Waals surface area contributed by atoms with Crippen LogP contribution in [-0.2, 0) is 16.6 Å². The second-order valence-corrected chi connectivity index (χ2v) is 7.47. The van der Waals surface area contributed by atoms with Crippen LogP contribution in [0.3, 0.4) is 0 Å². The number of halogens is 1. The Kier molecular flexibility index (Phi) is 4.65. The van der Waals surface area contributed by atoms with Crippen molar-refractivity contribution < 1.29 is 22.4 Å². The molecule has 0 saturated carbocycles. The lowest BCUT2D eigenvalue weighted by Crippen LogP contribution is -2.37. The zero-order valence-corrected chi connectivity index (χ0v) is 13.9. The van der Waals surface area contributed by atoms with Crippen LogP contribution in [0.15, 0.2) is 48.5 Å². The average molecular weight is 362 g/mol. The lowest BCUT2D eigenvalue weighted by atomic mass is 10.1. The third-order valence-corrected chi connectivity index (χ3v) is 5.21. The number of hydrogen-bond donors (Lipinski definition) is 1. The summed E-state index contributed by atoms with van der Waals surface area (Å²) in [6.07, 6.45) is 0. The van der Waals surface area contributed by atoms with Gasteiger partial charge in [0.15, 0.2) is 0 Å². The molecule has 3 rings (SSSR count). The standard InChI is InChI=1S/C17H15FN2O4S/c18-15-8-4-1-5-12(15)11-19-25(23,24)10-9-20-16(21)13-6-2-3-7-14(13)17(20)22/h1-8,19H,9-11H2. The van der Waals surface area contributed by atoms with Gasteiger partial charge in [0.2, 0.25) is 10.0 Å². The summed E-state index contributed by atoms with van der Waals surface area (Å²) in [6.45, 7) is -0.462. The normalized spacial score (nSPS) is 14.0. The average Bonchev–Trinajstić information content (AvgIpc) is 2.84. The number of sulfonamides is 1. The number of hydrogen-bond acceptors (Lipinski definition) is 4. The van der Waals surface area contributed by atoms with Crippen molar-refractivity contribution in [1.29, 1.82) is 0 Å². The largest absolute Gasteiger partial charge is 0.273 e. The highest BCUT2D eigenvalue weighted by atomic mass is 32.2. The number of imide groups is 1. The summed E-state index contributed by atoms with van der Waals surface area (Å²) in [4.78, 5) is 25.3. The Morgan fingerprint density at radius 1 is 0.920 bits per heavy atom. The van der Waals surface area contributed by atoms with Crippen molar-refractivity contribution in [3.8, 4) is 0 Å². The maximum Gasteiger partial charge on any atom is 0.261 e. The maximum atomic E-state index is 13.5. The molecule has 0 aromatic heterocycles. The van der Waals surface area contributed by atoms with Crippen LogP contribution < -0.4 is 4.72 Å². The summed E-state index contributed by atoms with van der Waals surface area (Å²) in [7, 11) is -3.78. The van der Waals surface area contributed by atoms with Crippen molar-refractivity contribution in [1.82, 2.24) is 9.62 Å². The Balaban J connectivity index is 1.62. The quantitative estimate of drug-likeness (QED) is 0.790. The lowest BCUT2D eigenvalue weighted by molar-refractivity contribution is 0.0664. The molecule has 6 nitrogen and oxygen atoms in total. The highest BCUT2D eigenvalue weighted by molar-refractivity contribution is 7.89. The fourth-order valence-corrected chi connectivity index (χ4v) is 3.50. The molecule has 2 aromatic rings. The summed E-state index contributed by atoms with van der Waals surface area (Å²) in [5, 5.41) is 0. The molecule has 0 unspecified atom stereocenters. The van der Waals surface area contributed by atoms with E-state index < -0.39 is 33.4 Å². The maximum absolute atomic E-state index is 13.5. The molecule has 0 atom stereocenters. The van der Waals surface area contributed by atoms with Gasteiger partial charge in [-0.2, -0.15) is 0 Å². The van der Waals surface area contributed by atoms with Gasteiger partial charge in [-0.25, -0.2) is 17.5 Å². The highest BCUT2D eigenvalue weighted by Gasteiger charge is 2.35. The number of nitrogens with zero attached hydrogens (tertiary/aromatic N) is 1. The molecule has 2 aromatic carbocycles. The number of carbonyl (C=O) groups excluding carboxylic acids is 2. The van der Waals surface area contributed by atoms with E-state index in [4.69, 9.17) is 0 Å². The van der Waals surface area contributed by atoms with Crippen molar-refractivity contribution in [2.75, 3.05) is 12.3 Å². The second-order valence-electron chi connectivity index (χ2n) is 5.54. The minimum atomic E-state index is -3.78. The number of nitrogens with one attached hydrogen (secondary N) is 1. The van der Waals surface area contributed by atoms with Gasteiger partial charge in [0.05, 0.1) is 16.9 Å². The first kappa shape index (κ1) is 17.2. The van der Waals surface area contributed by atoms with E-state index in [-0.39, 0.29) is 29.8 Å². The molecule has 0 bridgehead atoms. The Morgan fingerprint density at radius 2 is 1.48 bits per heavy atom. The van der Waals surface area contributed by atoms with Crippen LogP contribution in [0.1, 0.15) is 26.3 Å². The zero-order valence-electron chi connectivity index (χ0n) is 13.1. The Labute approximate surface area is 144 Å². The SMILES string of the molecule is O=C1c2ccccc2C(=O)N1CCS(=O)(=O)NCc1ccccc1F. The number of rotatable bonds is 6. The zero-order chi connectivity index (χ0) is 18.0. The van der Waals surface area contributed by atoms with Crippen LogP contribution in [0, 0.1) is 5.82 Å². The van der Waals surface area contributed by atoms with E-state index in [2.05, 4.69) is 4.72 Å². The smallest absolute Gasteiger partial charge is 0.261 e. The minimum absolute atomic E-state index is 0.197. The molecular weight excluding hydrogens is 347 g/mol. The van der Waals surface area contributed by atoms with Gasteiger partial charge in [-0.1, -0.05) is 30.3 Å². The van der Waals surface area contributed by atoms with Gasteiger partial charge in [0.1, 0.15) is 5.82 Å². The van der Waals surface area contributed by atoms with Crippen molar-refractivity contribution in [2.24, 2.45) is 0 Å². The van der Waals surface area contributed by atoms with Crippen LogP contribution in [-0.4, -0.2) is 37.4 Å². The van der Waals surface area contributed by atoms with E-state index in [9.17, 15) is 22.4 Å². The van der Waals surface area contributed by atoms with E-state index >= 15 is 0 Å². The Morgan fingerprint density at radius 3 is 2.08 bits per heavy atom. The lowest BCUT2D eigenvalue weighted by Gasteiger charge is -2.14. The highest BCUT2D eigenvalue weighted by Crippen LogP contribution is 2.22. The van der Waals surface area contributed by atoms with E-state index in [1.807, 2.05) is 0 Å². The predicted molar refractivity (Wildman–Crippen MR) is 88.8 cm³/mol. The minimum Gasteiger partial charge on any atom is -0.273 e. The number of amides is 2. The van der Waals surface area contributed by atoms with Gasteiger partial charge >= 0.3 is 0 Å². The molecule has 130 valence electrons. The van der Waals surface area contributed by atoms with Crippen LogP contribution in [0.5, 0.6) is 0 Å². The molecule has 8 heteroatoms. The van der Waals surface area contributed by atoms with Gasteiger partial charge in [0.25, 0.3) is 11.8 Å². The third-order valence-electron chi connectivity index (χ3n) is 3.90. The number of fused-ring (bicyclic) bond motifs is 1. The van der Waals surface area contributed by atoms with Crippen LogP contribution in [0.25, 0.3) is 0 Å². The van der Waals surface area contributed by atoms with Gasteiger partial charge in [0, 0.05) is 18.7 Å². The van der Waals surface area contributed by atoms with Crippen molar-refractivity contribution in [3.05, 3.63) is 71.0 Å². The molecule has 1 aliphatic rings. The molecule has 25 heavy (non-hydrogen) atoms. The van der Waals surface area contributed by atoms with E-state index in [1.165, 1.54) is 30.3 Å². The second kappa shape index (κ2) is 6.73. The molecule has 0 aliphatic carbocycles. The Bertz CT molecular complexity index is 908. The van der Waals surface area contributed by atoms with Crippen LogP contribution in [0.4, 0.5) is 4.39 Å². The molecule has 0 saturated heterocycles. The van der Waals surface area contributed by atoms with Crippen LogP contribution in [0.2, 0.25) is 0 Å². The first-order chi connectivity index (χ1) is 11.9. The fraction of sp³-hybridized carbons (Fsp3) is 0.176. The summed E-state index contributed by atoms with van der Waals surface area (Å²) < 4.78 is 39.9. The first-order valence-corrected chi connectivity index (χ1v) is 9.20. The number of benzene rings is 2. The first-order valence-electron chi connectivity index (χ1n) is 7.55. The van der Waals surface area contributed by atoms with Gasteiger partial charge in [-0.15, -0.1) is 0 Å². The van der Waals surface area contributed by atoms with E-state index in [0.717, 1.165) is 4.90 Å². The Hall–Kier alpha value is -2.58. The number of carbonyl (C=O) groups is 2. The molecule has 0 fully saturated rings. The molecule has 1 heterocycles. The molecule has 0 radical (unpaired) electrons. The van der Waals surface area contributed by atoms with Crippen molar-refractivity contribution >= 4 is 21.8 Å². The summed E-state index contributed by atoms with van der Waals surface area (Å²) in [6, 6.07) is 12.2. The van der Waals surface area contributed by atoms with E-state index in [1.54, 1.807) is 18.2 Å². The van der Waals surface area contributed by atoms with Gasteiger partial charge in [-0.05, 0) is 18.2 Å². The third kappa shape index (κ3) is 3.59. The van der Waals surface area contributed by atoms with Gasteiger partial charge in [-0.3, -0.25) is 14.5 Å². The van der Waals surface area contributed by atoms with Gasteiger partial charge < -0.3 is 0 Å². The molecular formula is C17H15FN2O4S. The topological polar surface area (TPSA) is 83.6 Å². The predicted octanol–water partition coefficient (Wildman–Crippen LogP) is 1.54. The van der Waals surface area contributed by atoms with Crippen molar-refractivity contribution in [3.63, 3.8) is 0 Å². The molecule has 2 amide bonds. The fourth-order valence-electron chi connectivity index (χ4n) is 2.56. The summed E-state index contributed by atoms with van der Waals surface area (Å²) >= 11 is 0. The summed E-state index contributed by atoms with van der Waals surface area (Å²) in [5.41, 5.74) is 0.750. The monoisotopic (exact) mass is 362 g/mol. The molecule has 1 N–H and O–H groups in total.